The minimum atomic E-state index is -1.05. The highest BCUT2D eigenvalue weighted by Gasteiger charge is 2.34. The van der Waals surface area contributed by atoms with E-state index in [0.29, 0.717) is 60.6 Å². The number of nitrogens with zero attached hydrogens (tertiary/aromatic N) is 2. The van der Waals surface area contributed by atoms with Gasteiger partial charge in [0.2, 0.25) is 0 Å². The topological polar surface area (TPSA) is 99.2 Å². The van der Waals surface area contributed by atoms with Crippen molar-refractivity contribution >= 4 is 23.4 Å². The maximum atomic E-state index is 14.2. The number of aryl methyl sites for hydroxylation is 1. The average Bonchev–Trinajstić information content (AvgIpc) is 3.06. The lowest BCUT2D eigenvalue weighted by atomic mass is 9.79. The molecule has 3 atom stereocenters. The van der Waals surface area contributed by atoms with Crippen molar-refractivity contribution in [2.75, 3.05) is 38.6 Å². The van der Waals surface area contributed by atoms with E-state index in [1.807, 2.05) is 20.8 Å². The van der Waals surface area contributed by atoms with E-state index < -0.39 is 23.7 Å². The number of methoxy groups -OCH3 is 1. The molecule has 48 heavy (non-hydrogen) atoms. The number of aliphatic hydroxyl groups excluding tert-OH is 1. The second kappa shape index (κ2) is 17.2. The first-order valence-electron chi connectivity index (χ1n) is 16.8. The summed E-state index contributed by atoms with van der Waals surface area (Å²) in [5.41, 5.74) is 2.45. The number of carbonyl (C=O) groups is 3. The predicted molar refractivity (Wildman–Crippen MR) is 182 cm³/mol. The molecule has 1 heterocycles. The van der Waals surface area contributed by atoms with Crippen molar-refractivity contribution in [2.45, 2.75) is 65.4 Å². The number of amides is 3. The van der Waals surface area contributed by atoms with E-state index in [2.05, 4.69) is 5.32 Å². The van der Waals surface area contributed by atoms with Crippen molar-refractivity contribution in [3.63, 3.8) is 0 Å². The van der Waals surface area contributed by atoms with Gasteiger partial charge in [-0.05, 0) is 111 Å². The Hall–Kier alpha value is -4.31. The van der Waals surface area contributed by atoms with Gasteiger partial charge in [-0.1, -0.05) is 13.8 Å². The van der Waals surface area contributed by atoms with Crippen LogP contribution in [0.15, 0.2) is 60.7 Å². The molecular weight excluding hydrogens is 616 g/mol. The predicted octanol–water partition coefficient (Wildman–Crippen LogP) is 7.28. The average molecular weight is 664 g/mol. The number of urea groups is 1. The molecule has 4 rings (SSSR count). The third-order valence-corrected chi connectivity index (χ3v) is 8.84. The molecule has 3 aromatic rings. The van der Waals surface area contributed by atoms with Crippen molar-refractivity contribution in [1.29, 1.82) is 0 Å². The van der Waals surface area contributed by atoms with Crippen LogP contribution in [-0.4, -0.2) is 72.0 Å². The first-order valence-corrected chi connectivity index (χ1v) is 16.8. The van der Waals surface area contributed by atoms with Crippen LogP contribution in [0, 0.1) is 30.4 Å². The number of carbonyl (C=O) groups excluding carboxylic acids is 3. The van der Waals surface area contributed by atoms with E-state index in [9.17, 15) is 28.3 Å². The molecule has 1 fully saturated rings. The fourth-order valence-corrected chi connectivity index (χ4v) is 6.54. The molecule has 0 radical (unpaired) electrons. The molecule has 2 unspecified atom stereocenters. The van der Waals surface area contributed by atoms with E-state index in [4.69, 9.17) is 4.74 Å². The standard InChI is InChI=1S/C38H47F2N3O5/c1-5-13-42(14-6-2)37(46)30-17-25(3)16-28(21-30)35(44)22-29(18-26-19-31(39)23-32(40)20-26)36(45)27-8-7-15-43(24-27)38(47)41-33-9-11-34(48-4)12-10-33/h9-12,16-17,19-21,23,27,29,36,45H,5-8,13-15,18,22,24H2,1-4H3,(H,41,47)/t27?,29?,36-/m1/s1. The summed E-state index contributed by atoms with van der Waals surface area (Å²) in [6, 6.07) is 15.0. The largest absolute Gasteiger partial charge is 0.497 e. The van der Waals surface area contributed by atoms with Gasteiger partial charge in [-0.25, -0.2) is 13.6 Å². The maximum absolute atomic E-state index is 14.2. The summed E-state index contributed by atoms with van der Waals surface area (Å²) in [4.78, 5) is 43.8. The van der Waals surface area contributed by atoms with Crippen molar-refractivity contribution in [3.8, 4) is 5.75 Å². The molecule has 0 spiro atoms. The fourth-order valence-electron chi connectivity index (χ4n) is 6.54. The van der Waals surface area contributed by atoms with Crippen LogP contribution in [0.25, 0.3) is 0 Å². The van der Waals surface area contributed by atoms with Gasteiger partial charge in [0.25, 0.3) is 5.91 Å². The molecule has 3 amide bonds. The zero-order valence-electron chi connectivity index (χ0n) is 28.3. The van der Waals surface area contributed by atoms with E-state index in [1.165, 1.54) is 12.1 Å². The Kier molecular flexibility index (Phi) is 13.1. The Morgan fingerprint density at radius 3 is 2.25 bits per heavy atom. The smallest absolute Gasteiger partial charge is 0.321 e. The summed E-state index contributed by atoms with van der Waals surface area (Å²) in [6.07, 6.45) is 1.77. The molecule has 0 bridgehead atoms. The second-order valence-electron chi connectivity index (χ2n) is 12.7. The van der Waals surface area contributed by atoms with Crippen LogP contribution in [-0.2, 0) is 6.42 Å². The third-order valence-electron chi connectivity index (χ3n) is 8.84. The summed E-state index contributed by atoms with van der Waals surface area (Å²) in [6.45, 7) is 7.81. The van der Waals surface area contributed by atoms with Crippen LogP contribution < -0.4 is 10.1 Å². The zero-order valence-corrected chi connectivity index (χ0v) is 28.3. The van der Waals surface area contributed by atoms with Gasteiger partial charge in [-0.3, -0.25) is 9.59 Å². The van der Waals surface area contributed by atoms with Crippen molar-refractivity contribution in [2.24, 2.45) is 11.8 Å². The summed E-state index contributed by atoms with van der Waals surface area (Å²) in [7, 11) is 1.56. The summed E-state index contributed by atoms with van der Waals surface area (Å²) in [5, 5.41) is 14.7. The molecule has 1 saturated heterocycles. The SMILES string of the molecule is CCCN(CCC)C(=O)c1cc(C)cc(C(=O)CC(Cc2cc(F)cc(F)c2)[C@H](O)C2CCCN(C(=O)Nc3ccc(OC)cc3)C2)c1. The van der Waals surface area contributed by atoms with E-state index >= 15 is 0 Å². The van der Waals surface area contributed by atoms with Gasteiger partial charge in [0.1, 0.15) is 17.4 Å². The van der Waals surface area contributed by atoms with E-state index in [1.54, 1.807) is 59.4 Å². The van der Waals surface area contributed by atoms with Crippen molar-refractivity contribution in [3.05, 3.63) is 94.6 Å². The quantitative estimate of drug-likeness (QED) is 0.177. The van der Waals surface area contributed by atoms with E-state index in [0.717, 1.165) is 24.5 Å². The number of likely N-dealkylation sites (tertiary alicyclic amines) is 1. The summed E-state index contributed by atoms with van der Waals surface area (Å²) in [5.74, 6) is -2.32. The molecule has 258 valence electrons. The molecule has 0 aromatic heterocycles. The molecule has 10 heteroatoms. The van der Waals surface area contributed by atoms with Crippen LogP contribution >= 0.6 is 0 Å². The lowest BCUT2D eigenvalue weighted by Gasteiger charge is -2.37. The van der Waals surface area contributed by atoms with Gasteiger partial charge in [-0.2, -0.15) is 0 Å². The highest BCUT2D eigenvalue weighted by atomic mass is 19.1. The zero-order chi connectivity index (χ0) is 34.8. The number of aliphatic hydroxyl groups is 1. The summed E-state index contributed by atoms with van der Waals surface area (Å²) < 4.78 is 33.6. The van der Waals surface area contributed by atoms with Crippen molar-refractivity contribution < 1.29 is 33.0 Å². The lowest BCUT2D eigenvalue weighted by molar-refractivity contribution is 0.0178. The molecule has 0 aliphatic carbocycles. The number of anilines is 1. The fraction of sp³-hybridized carbons (Fsp3) is 0.447. The number of ether oxygens (including phenoxy) is 1. The van der Waals surface area contributed by atoms with Gasteiger partial charge in [0.15, 0.2) is 5.78 Å². The second-order valence-corrected chi connectivity index (χ2v) is 12.7. The van der Waals surface area contributed by atoms with Crippen LogP contribution in [0.4, 0.5) is 19.3 Å². The molecule has 3 aromatic carbocycles. The van der Waals surface area contributed by atoms with Gasteiger partial charge in [0.05, 0.1) is 13.2 Å². The minimum Gasteiger partial charge on any atom is -0.497 e. The van der Waals surface area contributed by atoms with Gasteiger partial charge in [-0.15, -0.1) is 0 Å². The van der Waals surface area contributed by atoms with Crippen LogP contribution in [0.5, 0.6) is 5.75 Å². The van der Waals surface area contributed by atoms with Crippen LogP contribution in [0.2, 0.25) is 0 Å². The van der Waals surface area contributed by atoms with Crippen LogP contribution in [0.3, 0.4) is 0 Å². The molecule has 1 aliphatic heterocycles. The number of Topliss-reactive ketones (excluding diaryl/α,β-unsaturated/α-hetero) is 1. The number of hydrogen-bond acceptors (Lipinski definition) is 5. The number of piperidine rings is 1. The number of hydrogen-bond donors (Lipinski definition) is 2. The molecule has 1 aliphatic rings. The highest BCUT2D eigenvalue weighted by molar-refractivity contribution is 6.01. The third kappa shape index (κ3) is 9.86. The molecule has 8 nitrogen and oxygen atoms in total. The Labute approximate surface area is 282 Å². The number of halogens is 2. The summed E-state index contributed by atoms with van der Waals surface area (Å²) >= 11 is 0. The van der Waals surface area contributed by atoms with Gasteiger partial charge >= 0.3 is 6.03 Å². The Balaban J connectivity index is 1.55. The Bertz CT molecular complexity index is 1540. The first kappa shape index (κ1) is 36.5. The monoisotopic (exact) mass is 663 g/mol. The number of ketones is 1. The molecule has 0 saturated carbocycles. The van der Waals surface area contributed by atoms with Gasteiger partial charge < -0.3 is 25.0 Å². The molecular formula is C38H47F2N3O5. The maximum Gasteiger partial charge on any atom is 0.321 e. The lowest BCUT2D eigenvalue weighted by Crippen LogP contribution is -2.47. The molecule has 2 N–H and O–H groups in total. The Morgan fingerprint density at radius 2 is 1.62 bits per heavy atom. The van der Waals surface area contributed by atoms with Gasteiger partial charge in [0, 0.05) is 61.4 Å². The number of rotatable bonds is 14. The van der Waals surface area contributed by atoms with Crippen molar-refractivity contribution in [1.82, 2.24) is 9.80 Å². The minimum absolute atomic E-state index is 0.0501. The van der Waals surface area contributed by atoms with Crippen LogP contribution in [0.1, 0.15) is 77.8 Å². The highest BCUT2D eigenvalue weighted by Crippen LogP contribution is 2.30. The normalized spacial score (nSPS) is 15.8. The number of nitrogens with one attached hydrogen (secondary N) is 1. The first-order chi connectivity index (χ1) is 23.0. The number of benzene rings is 3. The van der Waals surface area contributed by atoms with E-state index in [-0.39, 0.29) is 43.0 Å². The Morgan fingerprint density at radius 1 is 0.979 bits per heavy atom.